The van der Waals surface area contributed by atoms with Gasteiger partial charge in [0.15, 0.2) is 5.82 Å². The predicted octanol–water partition coefficient (Wildman–Crippen LogP) is 8.98. The SMILES string of the molecule is CC1(C)c2ccccc2N(c2ccccc2-c2nc(-c3ccccc3)cc(-c3ccccn3)n2)c2ccccc21. The van der Waals surface area contributed by atoms with E-state index in [0.717, 1.165) is 33.9 Å². The molecule has 0 fully saturated rings. The van der Waals surface area contributed by atoms with Gasteiger partial charge in [0.2, 0.25) is 0 Å². The molecule has 192 valence electrons. The second-order valence-corrected chi connectivity index (χ2v) is 10.6. The third kappa shape index (κ3) is 3.97. The molecule has 0 amide bonds. The Kier molecular flexibility index (Phi) is 5.75. The summed E-state index contributed by atoms with van der Waals surface area (Å²) >= 11 is 0. The molecule has 0 radical (unpaired) electrons. The standard InChI is InChI=1S/C36H28N4/c1-36(2)27-17-7-10-21-33(27)40(34-22-11-8-18-28(34)36)32-20-9-6-16-26(32)35-38-30(25-14-4-3-5-15-25)24-31(39-35)29-19-12-13-23-37-29/h3-24H,1-2H3. The molecule has 40 heavy (non-hydrogen) atoms. The van der Waals surface area contributed by atoms with Crippen molar-refractivity contribution in [3.63, 3.8) is 0 Å². The van der Waals surface area contributed by atoms with Gasteiger partial charge in [0.05, 0.1) is 34.1 Å². The molecular formula is C36H28N4. The minimum absolute atomic E-state index is 0.130. The molecule has 1 aliphatic rings. The Balaban J connectivity index is 1.48. The maximum Gasteiger partial charge on any atom is 0.162 e. The monoisotopic (exact) mass is 516 g/mol. The minimum Gasteiger partial charge on any atom is -0.309 e. The van der Waals surface area contributed by atoms with Gasteiger partial charge in [0.25, 0.3) is 0 Å². The second kappa shape index (κ2) is 9.58. The molecule has 0 atom stereocenters. The highest BCUT2D eigenvalue weighted by Crippen LogP contribution is 2.53. The highest BCUT2D eigenvalue weighted by molar-refractivity contribution is 5.91. The Hall–Kier alpha value is -5.09. The van der Waals surface area contributed by atoms with Gasteiger partial charge < -0.3 is 4.90 Å². The van der Waals surface area contributed by atoms with Crippen LogP contribution in [0, 0.1) is 0 Å². The van der Waals surface area contributed by atoms with Crippen molar-refractivity contribution in [3.05, 3.63) is 145 Å². The van der Waals surface area contributed by atoms with Crippen LogP contribution in [0.4, 0.5) is 17.1 Å². The Labute approximate surface area is 234 Å². The van der Waals surface area contributed by atoms with Crippen molar-refractivity contribution < 1.29 is 0 Å². The number of nitrogens with zero attached hydrogens (tertiary/aromatic N) is 4. The van der Waals surface area contributed by atoms with E-state index in [1.807, 2.05) is 42.5 Å². The Morgan fingerprint density at radius 3 is 1.77 bits per heavy atom. The van der Waals surface area contributed by atoms with Crippen LogP contribution < -0.4 is 4.90 Å². The van der Waals surface area contributed by atoms with E-state index < -0.39 is 0 Å². The quantitative estimate of drug-likeness (QED) is 0.234. The van der Waals surface area contributed by atoms with Crippen molar-refractivity contribution in [2.45, 2.75) is 19.3 Å². The summed E-state index contributed by atoms with van der Waals surface area (Å²) in [6, 6.07) is 44.0. The number of fused-ring (bicyclic) bond motifs is 2. The van der Waals surface area contributed by atoms with Gasteiger partial charge in [-0.1, -0.05) is 98.8 Å². The van der Waals surface area contributed by atoms with Crippen LogP contribution >= 0.6 is 0 Å². The van der Waals surface area contributed by atoms with Crippen molar-refractivity contribution in [1.82, 2.24) is 15.0 Å². The molecule has 0 saturated carbocycles. The van der Waals surface area contributed by atoms with E-state index in [1.165, 1.54) is 22.5 Å². The van der Waals surface area contributed by atoms with Crippen molar-refractivity contribution in [2.75, 3.05) is 4.90 Å². The molecule has 0 aliphatic carbocycles. The van der Waals surface area contributed by atoms with Crippen molar-refractivity contribution in [1.29, 1.82) is 0 Å². The smallest absolute Gasteiger partial charge is 0.162 e. The molecule has 4 aromatic carbocycles. The molecule has 1 aliphatic heterocycles. The first-order valence-corrected chi connectivity index (χ1v) is 13.6. The highest BCUT2D eigenvalue weighted by atomic mass is 15.2. The molecule has 6 aromatic rings. The van der Waals surface area contributed by atoms with Gasteiger partial charge >= 0.3 is 0 Å². The van der Waals surface area contributed by atoms with E-state index in [1.54, 1.807) is 6.20 Å². The minimum atomic E-state index is -0.130. The fraction of sp³-hybridized carbons (Fsp3) is 0.0833. The fourth-order valence-corrected chi connectivity index (χ4v) is 5.76. The van der Waals surface area contributed by atoms with Crippen LogP contribution in [0.5, 0.6) is 0 Å². The number of pyridine rings is 1. The van der Waals surface area contributed by atoms with Gasteiger partial charge in [-0.3, -0.25) is 4.98 Å². The lowest BCUT2D eigenvalue weighted by atomic mass is 9.73. The first kappa shape index (κ1) is 24.0. The maximum atomic E-state index is 5.13. The lowest BCUT2D eigenvalue weighted by Crippen LogP contribution is -2.30. The number of anilines is 3. The van der Waals surface area contributed by atoms with E-state index in [-0.39, 0.29) is 5.41 Å². The van der Waals surface area contributed by atoms with E-state index in [2.05, 4.69) is 109 Å². The zero-order chi connectivity index (χ0) is 27.1. The lowest BCUT2D eigenvalue weighted by Gasteiger charge is -2.42. The van der Waals surface area contributed by atoms with Gasteiger partial charge in [-0.05, 0) is 53.6 Å². The third-order valence-electron chi connectivity index (χ3n) is 7.75. The normalized spacial score (nSPS) is 13.4. The number of para-hydroxylation sites is 3. The zero-order valence-corrected chi connectivity index (χ0v) is 22.5. The summed E-state index contributed by atoms with van der Waals surface area (Å²) in [5.41, 5.74) is 10.3. The summed E-state index contributed by atoms with van der Waals surface area (Å²) in [5, 5.41) is 0. The molecule has 4 heteroatoms. The summed E-state index contributed by atoms with van der Waals surface area (Å²) in [5.74, 6) is 0.664. The molecule has 3 heterocycles. The average molecular weight is 517 g/mol. The van der Waals surface area contributed by atoms with Gasteiger partial charge in [-0.15, -0.1) is 0 Å². The molecule has 2 aromatic heterocycles. The molecule has 0 bridgehead atoms. The summed E-state index contributed by atoms with van der Waals surface area (Å²) in [4.78, 5) is 17.2. The largest absolute Gasteiger partial charge is 0.309 e. The number of rotatable bonds is 4. The lowest BCUT2D eigenvalue weighted by molar-refractivity contribution is 0.632. The number of hydrogen-bond acceptors (Lipinski definition) is 4. The van der Waals surface area contributed by atoms with Crippen LogP contribution in [0.25, 0.3) is 34.0 Å². The Morgan fingerprint density at radius 1 is 0.525 bits per heavy atom. The first-order valence-electron chi connectivity index (χ1n) is 13.6. The molecular weight excluding hydrogens is 488 g/mol. The van der Waals surface area contributed by atoms with Gasteiger partial charge in [0.1, 0.15) is 0 Å². The first-order chi connectivity index (χ1) is 19.6. The average Bonchev–Trinajstić information content (AvgIpc) is 3.02. The molecule has 0 spiro atoms. The summed E-state index contributed by atoms with van der Waals surface area (Å²) in [7, 11) is 0. The Morgan fingerprint density at radius 2 is 1.10 bits per heavy atom. The van der Waals surface area contributed by atoms with E-state index >= 15 is 0 Å². The number of hydrogen-bond donors (Lipinski definition) is 0. The van der Waals surface area contributed by atoms with Crippen LogP contribution in [0.15, 0.2) is 134 Å². The summed E-state index contributed by atoms with van der Waals surface area (Å²) < 4.78 is 0. The van der Waals surface area contributed by atoms with E-state index in [9.17, 15) is 0 Å². The maximum absolute atomic E-state index is 5.13. The fourth-order valence-electron chi connectivity index (χ4n) is 5.76. The number of benzene rings is 4. The summed E-state index contributed by atoms with van der Waals surface area (Å²) in [6.45, 7) is 4.61. The van der Waals surface area contributed by atoms with Crippen LogP contribution in [-0.4, -0.2) is 15.0 Å². The van der Waals surface area contributed by atoms with Gasteiger partial charge in [0, 0.05) is 22.7 Å². The molecule has 0 unspecified atom stereocenters. The van der Waals surface area contributed by atoms with E-state index in [0.29, 0.717) is 5.82 Å². The molecule has 0 saturated heterocycles. The molecule has 4 nitrogen and oxygen atoms in total. The van der Waals surface area contributed by atoms with Gasteiger partial charge in [-0.2, -0.15) is 0 Å². The van der Waals surface area contributed by atoms with Crippen LogP contribution in [0.3, 0.4) is 0 Å². The van der Waals surface area contributed by atoms with Crippen molar-refractivity contribution in [2.24, 2.45) is 0 Å². The highest BCUT2D eigenvalue weighted by Gasteiger charge is 2.37. The molecule has 0 N–H and O–H groups in total. The molecule has 7 rings (SSSR count). The second-order valence-electron chi connectivity index (χ2n) is 10.6. The van der Waals surface area contributed by atoms with Crippen LogP contribution in [0.1, 0.15) is 25.0 Å². The third-order valence-corrected chi connectivity index (χ3v) is 7.75. The van der Waals surface area contributed by atoms with Crippen molar-refractivity contribution in [3.8, 4) is 34.0 Å². The van der Waals surface area contributed by atoms with Crippen LogP contribution in [0.2, 0.25) is 0 Å². The summed E-state index contributed by atoms with van der Waals surface area (Å²) in [6.07, 6.45) is 1.80. The Bertz CT molecular complexity index is 1720. The predicted molar refractivity (Wildman–Crippen MR) is 163 cm³/mol. The van der Waals surface area contributed by atoms with Crippen LogP contribution in [-0.2, 0) is 5.41 Å². The number of aromatic nitrogens is 3. The van der Waals surface area contributed by atoms with Crippen molar-refractivity contribution >= 4 is 17.1 Å². The van der Waals surface area contributed by atoms with Gasteiger partial charge in [-0.25, -0.2) is 9.97 Å². The van der Waals surface area contributed by atoms with E-state index in [4.69, 9.17) is 9.97 Å². The topological polar surface area (TPSA) is 41.9 Å². The zero-order valence-electron chi connectivity index (χ0n) is 22.5.